The molecule has 2 aromatic carbocycles. The van der Waals surface area contributed by atoms with Crippen LogP contribution in [0.25, 0.3) is 0 Å². The number of carbonyl (C=O) groups excluding carboxylic acids is 2. The standard InChI is InChI=1S/C46H65N3O11/c1-9-21-49(44(53)57-29-45(3,4)5)40-28-37(48-56-8)34-25-30(15-11-13-22-50)33(16-12-14-23-51)41-35-26-32(18-20-38(35)60-46(40,42(34)41)58-24-10-2)59-43(52)47-36-19-17-31(54-6)27-39(36)55-7/h10,17-20,25-27,30,33,40-42,50-51H,2,9,11-16,21-24,28-29H2,1,3-8H3,(H,47,52)/t30-,33+,40-,41+,42+,46+/m0/s1. The maximum atomic E-state index is 14.3. The number of oxime groups is 1. The molecule has 1 aliphatic heterocycles. The molecule has 0 spiro atoms. The van der Waals surface area contributed by atoms with E-state index >= 15 is 0 Å². The lowest BCUT2D eigenvalue weighted by molar-refractivity contribution is -0.255. The highest BCUT2D eigenvalue weighted by atomic mass is 16.7. The SMILES string of the molecule is C=CCO[C@@]12Oc3ccc(OC(=O)Nc4ccc(OC)cc4OC)cc3[C@H]3[C@H](CCCCO)[C@@H](CCCCO)C=C(C(=NOC)C[C@@H]1N(CCC)C(=O)OCC(C)(C)C)[C@H]32. The predicted octanol–water partition coefficient (Wildman–Crippen LogP) is 8.47. The highest BCUT2D eigenvalue weighted by Gasteiger charge is 2.65. The molecule has 14 nitrogen and oxygen atoms in total. The summed E-state index contributed by atoms with van der Waals surface area (Å²) in [5, 5.41) is 27.1. The molecule has 1 heterocycles. The number of rotatable bonds is 20. The number of benzene rings is 2. The van der Waals surface area contributed by atoms with Gasteiger partial charge in [0.25, 0.3) is 0 Å². The van der Waals surface area contributed by atoms with Crippen molar-refractivity contribution in [2.24, 2.45) is 28.3 Å². The maximum absolute atomic E-state index is 14.3. The second-order valence-electron chi connectivity index (χ2n) is 16.8. The highest BCUT2D eigenvalue weighted by Crippen LogP contribution is 2.62. The number of ether oxygens (including phenoxy) is 6. The van der Waals surface area contributed by atoms with Gasteiger partial charge in [-0.3, -0.25) is 10.2 Å². The first-order valence-electron chi connectivity index (χ1n) is 21.1. The van der Waals surface area contributed by atoms with E-state index in [1.165, 1.54) is 14.2 Å². The summed E-state index contributed by atoms with van der Waals surface area (Å²) in [6, 6.07) is 9.67. The molecule has 60 heavy (non-hydrogen) atoms. The minimum atomic E-state index is -1.43. The van der Waals surface area contributed by atoms with E-state index in [1.807, 2.05) is 33.8 Å². The largest absolute Gasteiger partial charge is 0.497 e. The van der Waals surface area contributed by atoms with Crippen LogP contribution in [0.3, 0.4) is 0 Å². The second-order valence-corrected chi connectivity index (χ2v) is 16.8. The van der Waals surface area contributed by atoms with Crippen molar-refractivity contribution in [1.82, 2.24) is 4.90 Å². The number of aliphatic hydroxyl groups is 2. The first-order chi connectivity index (χ1) is 28.9. The third-order valence-corrected chi connectivity index (χ3v) is 11.4. The third kappa shape index (κ3) is 10.6. The molecular formula is C46H65N3O11. The van der Waals surface area contributed by atoms with Gasteiger partial charge < -0.3 is 43.5 Å². The van der Waals surface area contributed by atoms with Crippen LogP contribution in [-0.4, -0.2) is 99.1 Å². The van der Waals surface area contributed by atoms with Crippen LogP contribution in [0.4, 0.5) is 15.3 Å². The van der Waals surface area contributed by atoms with Crippen molar-refractivity contribution in [3.63, 3.8) is 0 Å². The Morgan fingerprint density at radius 3 is 2.40 bits per heavy atom. The van der Waals surface area contributed by atoms with E-state index in [9.17, 15) is 19.8 Å². The van der Waals surface area contributed by atoms with Gasteiger partial charge in [0, 0.05) is 43.7 Å². The highest BCUT2D eigenvalue weighted by molar-refractivity contribution is 6.03. The number of hydrogen-bond donors (Lipinski definition) is 3. The van der Waals surface area contributed by atoms with E-state index in [0.29, 0.717) is 60.2 Å². The number of anilines is 1. The summed E-state index contributed by atoms with van der Waals surface area (Å²) in [6.07, 6.45) is 8.02. The van der Waals surface area contributed by atoms with Gasteiger partial charge in [-0.05, 0) is 85.3 Å². The summed E-state index contributed by atoms with van der Waals surface area (Å²) in [5.41, 5.74) is 2.52. The topological polar surface area (TPSA) is 167 Å². The molecule has 0 saturated heterocycles. The molecule has 0 bridgehead atoms. The van der Waals surface area contributed by atoms with E-state index in [0.717, 1.165) is 36.8 Å². The van der Waals surface area contributed by atoms with Crippen molar-refractivity contribution in [2.75, 3.05) is 59.6 Å². The van der Waals surface area contributed by atoms with E-state index in [4.69, 9.17) is 33.3 Å². The number of nitrogens with zero attached hydrogens (tertiary/aromatic N) is 2. The number of amides is 2. The first-order valence-corrected chi connectivity index (χ1v) is 21.1. The summed E-state index contributed by atoms with van der Waals surface area (Å²) in [5.74, 6) is -0.438. The summed E-state index contributed by atoms with van der Waals surface area (Å²) in [4.78, 5) is 35.0. The smallest absolute Gasteiger partial charge is 0.417 e. The average molecular weight is 836 g/mol. The van der Waals surface area contributed by atoms with Crippen molar-refractivity contribution < 1.29 is 53.1 Å². The number of fused-ring (bicyclic) bond motifs is 2. The molecule has 6 atom stereocenters. The number of aliphatic hydroxyl groups excluding tert-OH is 2. The molecular weight excluding hydrogens is 771 g/mol. The number of carbonyl (C=O) groups is 2. The Balaban J connectivity index is 1.69. The summed E-state index contributed by atoms with van der Waals surface area (Å²) >= 11 is 0. The van der Waals surface area contributed by atoms with Gasteiger partial charge in [0.2, 0.25) is 5.79 Å². The molecule has 0 radical (unpaired) electrons. The van der Waals surface area contributed by atoms with Crippen molar-refractivity contribution in [2.45, 2.75) is 96.8 Å². The van der Waals surface area contributed by atoms with Crippen LogP contribution in [0.5, 0.6) is 23.0 Å². The van der Waals surface area contributed by atoms with Crippen LogP contribution >= 0.6 is 0 Å². The molecule has 0 unspecified atom stereocenters. The molecule has 0 aromatic heterocycles. The molecule has 3 aliphatic rings. The zero-order valence-electron chi connectivity index (χ0n) is 36.4. The Bertz CT molecular complexity index is 1840. The van der Waals surface area contributed by atoms with E-state index in [-0.39, 0.29) is 56.0 Å². The summed E-state index contributed by atoms with van der Waals surface area (Å²) < 4.78 is 36.9. The molecule has 1 fully saturated rings. The van der Waals surface area contributed by atoms with Crippen LogP contribution in [0.15, 0.2) is 65.9 Å². The first kappa shape index (κ1) is 46.3. The Hall–Kier alpha value is -4.79. The number of methoxy groups -OCH3 is 2. The minimum Gasteiger partial charge on any atom is -0.497 e. The quantitative estimate of drug-likeness (QED) is 0.0665. The summed E-state index contributed by atoms with van der Waals surface area (Å²) in [6.45, 7) is 12.9. The fourth-order valence-corrected chi connectivity index (χ4v) is 8.94. The van der Waals surface area contributed by atoms with E-state index in [1.54, 1.807) is 48.4 Å². The molecule has 2 amide bonds. The van der Waals surface area contributed by atoms with Crippen LogP contribution in [0, 0.1) is 23.2 Å². The predicted molar refractivity (Wildman–Crippen MR) is 229 cm³/mol. The van der Waals surface area contributed by atoms with Crippen LogP contribution in [0.1, 0.15) is 90.5 Å². The zero-order valence-corrected chi connectivity index (χ0v) is 36.4. The molecule has 14 heteroatoms. The molecule has 5 rings (SSSR count). The van der Waals surface area contributed by atoms with Gasteiger partial charge >= 0.3 is 12.2 Å². The number of nitrogens with one attached hydrogen (secondary N) is 1. The number of hydrogen-bond acceptors (Lipinski definition) is 12. The normalized spacial score (nSPS) is 23.6. The van der Waals surface area contributed by atoms with Gasteiger partial charge in [0.05, 0.1) is 44.8 Å². The van der Waals surface area contributed by atoms with E-state index < -0.39 is 29.9 Å². The van der Waals surface area contributed by atoms with Crippen LogP contribution < -0.4 is 24.3 Å². The lowest BCUT2D eigenvalue weighted by Crippen LogP contribution is -2.70. The molecule has 2 aliphatic carbocycles. The average Bonchev–Trinajstić information content (AvgIpc) is 3.23. The lowest BCUT2D eigenvalue weighted by atomic mass is 9.55. The molecule has 330 valence electrons. The summed E-state index contributed by atoms with van der Waals surface area (Å²) in [7, 11) is 4.57. The number of allylic oxidation sites excluding steroid dienone is 1. The van der Waals surface area contributed by atoms with Gasteiger partial charge in [-0.2, -0.15) is 0 Å². The Morgan fingerprint density at radius 1 is 1.02 bits per heavy atom. The minimum absolute atomic E-state index is 0.0130. The fourth-order valence-electron chi connectivity index (χ4n) is 8.94. The van der Waals surface area contributed by atoms with Crippen molar-refractivity contribution >= 4 is 23.6 Å². The van der Waals surface area contributed by atoms with Crippen molar-refractivity contribution in [3.05, 3.63) is 66.3 Å². The van der Waals surface area contributed by atoms with Crippen LogP contribution in [-0.2, 0) is 14.3 Å². The van der Waals surface area contributed by atoms with Gasteiger partial charge in [-0.25, -0.2) is 9.59 Å². The van der Waals surface area contributed by atoms with Gasteiger partial charge in [-0.1, -0.05) is 57.8 Å². The Labute approximate surface area is 354 Å². The van der Waals surface area contributed by atoms with Crippen LogP contribution in [0.2, 0.25) is 0 Å². The molecule has 1 saturated carbocycles. The van der Waals surface area contributed by atoms with Gasteiger partial charge in [0.15, 0.2) is 0 Å². The van der Waals surface area contributed by atoms with Gasteiger partial charge in [0.1, 0.15) is 36.1 Å². The third-order valence-electron chi connectivity index (χ3n) is 11.4. The lowest BCUT2D eigenvalue weighted by Gasteiger charge is -2.59. The van der Waals surface area contributed by atoms with Crippen molar-refractivity contribution in [1.29, 1.82) is 0 Å². The Morgan fingerprint density at radius 2 is 1.75 bits per heavy atom. The Kier molecular flexibility index (Phi) is 16.3. The van der Waals surface area contributed by atoms with Gasteiger partial charge in [-0.15, -0.1) is 6.58 Å². The number of unbranched alkanes of at least 4 members (excludes halogenated alkanes) is 2. The fraction of sp³-hybridized carbons (Fsp3) is 0.587. The monoisotopic (exact) mass is 835 g/mol. The second kappa shape index (κ2) is 21.1. The zero-order chi connectivity index (χ0) is 43.5. The van der Waals surface area contributed by atoms with E-state index in [2.05, 4.69) is 23.1 Å². The maximum Gasteiger partial charge on any atom is 0.417 e. The van der Waals surface area contributed by atoms with Crippen molar-refractivity contribution in [3.8, 4) is 23.0 Å². The molecule has 3 N–H and O–H groups in total. The molecule has 2 aromatic rings.